The average Bonchev–Trinajstić information content (AvgIpc) is 0.902. The fraction of sp³-hybridized carbons (Fsp3) is 0.517. The van der Waals surface area contributed by atoms with E-state index >= 15 is 0 Å². The van der Waals surface area contributed by atoms with Gasteiger partial charge in [-0.1, -0.05) is 259 Å². The van der Waals surface area contributed by atoms with Crippen LogP contribution in [0.25, 0.3) is 0 Å². The van der Waals surface area contributed by atoms with E-state index in [0.29, 0.717) is 51.4 Å². The van der Waals surface area contributed by atoms with Gasteiger partial charge in [0.2, 0.25) is 0 Å². The zero-order valence-corrected chi connectivity index (χ0v) is 66.3. The summed E-state index contributed by atoms with van der Waals surface area (Å²) in [6, 6.07) is 0. The lowest BCUT2D eigenvalue weighted by molar-refractivity contribution is -0.161. The Morgan fingerprint density at radius 1 is 0.264 bits per heavy atom. The normalized spacial score (nSPS) is 15.1. The summed E-state index contributed by atoms with van der Waals surface area (Å²) in [7, 11) is -10.0. The number of rotatable bonds is 69. The van der Waals surface area contributed by atoms with Crippen LogP contribution in [0, 0.1) is 0 Å². The van der Waals surface area contributed by atoms with Crippen molar-refractivity contribution >= 4 is 39.5 Å². The molecule has 3 N–H and O–H groups in total. The summed E-state index contributed by atoms with van der Waals surface area (Å²) in [5, 5.41) is 10.6. The van der Waals surface area contributed by atoms with Gasteiger partial charge >= 0.3 is 39.5 Å². The molecule has 0 bridgehead atoms. The van der Waals surface area contributed by atoms with Gasteiger partial charge in [-0.25, -0.2) is 9.13 Å². The van der Waals surface area contributed by atoms with Gasteiger partial charge in [0.05, 0.1) is 26.4 Å². The molecular formula is C87H132O17P2. The first-order chi connectivity index (χ1) is 51.7. The summed E-state index contributed by atoms with van der Waals surface area (Å²) in [5.74, 6) is -2.47. The summed E-state index contributed by atoms with van der Waals surface area (Å²) in [4.78, 5) is 72.9. The second-order valence-corrected chi connectivity index (χ2v) is 27.3. The lowest BCUT2D eigenvalue weighted by Crippen LogP contribution is -2.30. The molecule has 0 aromatic heterocycles. The van der Waals surface area contributed by atoms with Crippen LogP contribution in [0.15, 0.2) is 231 Å². The van der Waals surface area contributed by atoms with E-state index in [1.54, 1.807) is 0 Å². The molecule has 0 saturated carbocycles. The van der Waals surface area contributed by atoms with E-state index in [-0.39, 0.29) is 25.7 Å². The number of unbranched alkanes of at least 4 members (excludes halogenated alkanes) is 5. The predicted octanol–water partition coefficient (Wildman–Crippen LogP) is 22.7. The molecule has 19 heteroatoms. The zero-order valence-electron chi connectivity index (χ0n) is 64.5. The first-order valence-corrected chi connectivity index (χ1v) is 41.6. The topological polar surface area (TPSA) is 237 Å². The largest absolute Gasteiger partial charge is 0.472 e. The Kier molecular flexibility index (Phi) is 71.4. The lowest BCUT2D eigenvalue weighted by atomic mass is 10.2. The van der Waals surface area contributed by atoms with Crippen molar-refractivity contribution in [1.82, 2.24) is 0 Å². The molecule has 5 unspecified atom stereocenters. The van der Waals surface area contributed by atoms with Crippen molar-refractivity contribution in [1.29, 1.82) is 0 Å². The quantitative estimate of drug-likeness (QED) is 0.0169. The molecule has 106 heavy (non-hydrogen) atoms. The molecule has 592 valence electrons. The van der Waals surface area contributed by atoms with E-state index in [2.05, 4.69) is 216 Å². The number of hydrogen-bond acceptors (Lipinski definition) is 15. The number of aliphatic hydroxyl groups is 1. The number of ether oxygens (including phenoxy) is 4. The van der Waals surface area contributed by atoms with Gasteiger partial charge in [0.15, 0.2) is 12.2 Å². The van der Waals surface area contributed by atoms with Gasteiger partial charge in [-0.3, -0.25) is 37.3 Å². The van der Waals surface area contributed by atoms with E-state index in [0.717, 1.165) is 128 Å². The Labute approximate surface area is 638 Å². The van der Waals surface area contributed by atoms with Gasteiger partial charge in [-0.2, -0.15) is 0 Å². The second kappa shape index (κ2) is 76.3. The minimum Gasteiger partial charge on any atom is -0.462 e. The van der Waals surface area contributed by atoms with Gasteiger partial charge in [-0.15, -0.1) is 0 Å². The minimum atomic E-state index is -5.03. The maximum Gasteiger partial charge on any atom is 0.472 e. The highest BCUT2D eigenvalue weighted by atomic mass is 31.2. The minimum absolute atomic E-state index is 0.00908. The number of phosphoric ester groups is 2. The van der Waals surface area contributed by atoms with E-state index < -0.39 is 97.5 Å². The molecule has 0 aliphatic heterocycles. The number of aliphatic hydroxyl groups excluding tert-OH is 1. The van der Waals surface area contributed by atoms with Crippen LogP contribution in [-0.4, -0.2) is 96.7 Å². The van der Waals surface area contributed by atoms with Gasteiger partial charge in [0, 0.05) is 25.7 Å². The van der Waals surface area contributed by atoms with Crippen LogP contribution in [0.1, 0.15) is 233 Å². The molecule has 0 fully saturated rings. The average molecular weight is 1510 g/mol. The number of esters is 4. The number of phosphoric acid groups is 2. The molecule has 0 rings (SSSR count). The van der Waals surface area contributed by atoms with Crippen molar-refractivity contribution < 1.29 is 80.2 Å². The zero-order chi connectivity index (χ0) is 77.4. The van der Waals surface area contributed by atoms with Crippen LogP contribution >= 0.6 is 15.6 Å². The number of carbonyl (C=O) groups is 4. The first kappa shape index (κ1) is 99.1. The van der Waals surface area contributed by atoms with Crippen LogP contribution < -0.4 is 0 Å². The maximum atomic E-state index is 13.1. The fourth-order valence-corrected chi connectivity index (χ4v) is 10.5. The molecule has 0 spiro atoms. The molecule has 0 aromatic rings. The number of carbonyl (C=O) groups excluding carboxylic acids is 4. The summed E-state index contributed by atoms with van der Waals surface area (Å²) < 4.78 is 68.3. The van der Waals surface area contributed by atoms with Crippen LogP contribution in [0.3, 0.4) is 0 Å². The lowest BCUT2D eigenvalue weighted by Gasteiger charge is -2.21. The molecule has 0 amide bonds. The van der Waals surface area contributed by atoms with Crippen LogP contribution in [0.4, 0.5) is 0 Å². The highest BCUT2D eigenvalue weighted by Crippen LogP contribution is 2.45. The predicted molar refractivity (Wildman–Crippen MR) is 435 cm³/mol. The van der Waals surface area contributed by atoms with E-state index in [4.69, 9.17) is 37.0 Å². The number of allylic oxidation sites excluding steroid dienone is 38. The third-order valence-electron chi connectivity index (χ3n) is 14.6. The van der Waals surface area contributed by atoms with Crippen LogP contribution in [0.5, 0.6) is 0 Å². The van der Waals surface area contributed by atoms with E-state index in [1.165, 1.54) is 0 Å². The van der Waals surface area contributed by atoms with Crippen molar-refractivity contribution in [2.24, 2.45) is 0 Å². The van der Waals surface area contributed by atoms with Gasteiger partial charge in [0.25, 0.3) is 0 Å². The second-order valence-electron chi connectivity index (χ2n) is 24.4. The van der Waals surface area contributed by atoms with Crippen molar-refractivity contribution in [3.8, 4) is 0 Å². The first-order valence-electron chi connectivity index (χ1n) is 38.6. The third kappa shape index (κ3) is 75.4. The Morgan fingerprint density at radius 3 is 0.708 bits per heavy atom. The Balaban J connectivity index is 5.60. The smallest absolute Gasteiger partial charge is 0.462 e. The van der Waals surface area contributed by atoms with Crippen LogP contribution in [0.2, 0.25) is 0 Å². The van der Waals surface area contributed by atoms with E-state index in [1.807, 2.05) is 42.5 Å². The Morgan fingerprint density at radius 2 is 0.462 bits per heavy atom. The highest BCUT2D eigenvalue weighted by Gasteiger charge is 2.30. The molecule has 5 atom stereocenters. The SMILES string of the molecule is CC/C=C\C/C=C\C/C=C\C/C=C\C/C=C\CCCC(=O)OCC(COP(=O)(O)OCC(O)COP(=O)(O)OCC(COC(=O)CCC/C=C\C/C=C\C/C=C\C/C=C\C/C=C\CC)OC(=O)CCCC/C=C\C/C=C\C/C=C\C/C=C\CC)OC(=O)CCC/C=C\C/C=C\C/C=C\C/C=C\C/C=C\CC. The third-order valence-corrected chi connectivity index (χ3v) is 16.5. The monoisotopic (exact) mass is 1510 g/mol. The molecule has 0 aromatic carbocycles. The molecule has 0 heterocycles. The molecule has 0 aliphatic carbocycles. The Hall–Kier alpha value is -6.88. The van der Waals surface area contributed by atoms with Gasteiger partial charge in [-0.05, 0) is 180 Å². The van der Waals surface area contributed by atoms with Crippen LogP contribution in [-0.2, 0) is 65.4 Å². The summed E-state index contributed by atoms with van der Waals surface area (Å²) in [6.07, 6.45) is 97.8. The van der Waals surface area contributed by atoms with Gasteiger partial charge < -0.3 is 33.8 Å². The van der Waals surface area contributed by atoms with Crippen molar-refractivity contribution in [3.05, 3.63) is 231 Å². The summed E-state index contributed by atoms with van der Waals surface area (Å²) >= 11 is 0. The van der Waals surface area contributed by atoms with Gasteiger partial charge in [0.1, 0.15) is 19.3 Å². The molecule has 0 aliphatic rings. The molecule has 0 radical (unpaired) electrons. The van der Waals surface area contributed by atoms with Crippen molar-refractivity contribution in [2.75, 3.05) is 39.6 Å². The standard InChI is InChI=1S/C87H132O17P2/c1-5-9-13-17-21-25-29-33-37-40-44-47-51-55-59-63-67-71-84(89)97-77-82(103-86(91)73-69-65-61-57-53-49-43-36-32-28-24-20-16-12-8-4)79-101-105(93,94)99-75-81(88)76-100-106(95,96)102-80-83(104-87(92)74-70-66-62-58-54-50-46-42-39-35-31-27-23-19-15-11-7-3)78-98-85(90)72-68-64-60-56-52-48-45-41-38-34-30-26-22-18-14-10-6-2/h9-16,21-28,33-39,43-48,50,53,55-60,62,81-83,88H,5-8,17-20,29-32,40-42,49,51-52,54,61,63-80H2,1-4H3,(H,93,94)(H,95,96)/b13-9-,14-10-,15-11-,16-12-,25-21-,26-22-,27-23-,28-24-,37-33-,38-34-,39-35-,43-36-,47-44-,48-45-,50-46-,57-53-,59-55-,60-56-,62-58-. The summed E-state index contributed by atoms with van der Waals surface area (Å²) in [5.41, 5.74) is 0. The van der Waals surface area contributed by atoms with Crippen molar-refractivity contribution in [3.63, 3.8) is 0 Å². The number of hydrogen-bond donors (Lipinski definition) is 3. The Bertz CT molecular complexity index is 2930. The maximum absolute atomic E-state index is 13.1. The molecule has 0 saturated heterocycles. The van der Waals surface area contributed by atoms with E-state index in [9.17, 15) is 43.2 Å². The highest BCUT2D eigenvalue weighted by molar-refractivity contribution is 7.47. The molecule has 17 nitrogen and oxygen atoms in total. The summed E-state index contributed by atoms with van der Waals surface area (Å²) in [6.45, 7) is 4.10. The fourth-order valence-electron chi connectivity index (χ4n) is 8.90. The molecular weight excluding hydrogens is 1380 g/mol. The van der Waals surface area contributed by atoms with Crippen molar-refractivity contribution in [2.45, 2.75) is 251 Å².